The average molecular weight is 304 g/mol. The van der Waals surface area contributed by atoms with Gasteiger partial charge in [-0.3, -0.25) is 4.68 Å². The van der Waals surface area contributed by atoms with Gasteiger partial charge in [0.05, 0.1) is 6.20 Å². The zero-order chi connectivity index (χ0) is 15.4. The third kappa shape index (κ3) is 4.11. The molecule has 22 heavy (non-hydrogen) atoms. The summed E-state index contributed by atoms with van der Waals surface area (Å²) in [4.78, 5) is 2.72. The standard InChI is InChI=1S/C18H32N4/c1-15-17(12-20-21(15)2)11-19-18-9-6-10-22(14-18)13-16-7-4-3-5-8-16/h12,16,18-19H,3-11,13-14H2,1-2H3. The molecule has 1 aromatic rings. The maximum Gasteiger partial charge on any atom is 0.0537 e. The van der Waals surface area contributed by atoms with E-state index in [9.17, 15) is 0 Å². The molecule has 1 N–H and O–H groups in total. The van der Waals surface area contributed by atoms with Crippen molar-refractivity contribution in [3.63, 3.8) is 0 Å². The van der Waals surface area contributed by atoms with Crippen LogP contribution in [-0.2, 0) is 13.6 Å². The monoisotopic (exact) mass is 304 g/mol. The number of hydrogen-bond acceptors (Lipinski definition) is 3. The molecular formula is C18H32N4. The molecule has 1 atom stereocenters. The van der Waals surface area contributed by atoms with Gasteiger partial charge in [-0.1, -0.05) is 19.3 Å². The van der Waals surface area contributed by atoms with Gasteiger partial charge in [0.15, 0.2) is 0 Å². The molecule has 2 aliphatic rings. The number of likely N-dealkylation sites (tertiary alicyclic amines) is 1. The highest BCUT2D eigenvalue weighted by Crippen LogP contribution is 2.25. The van der Waals surface area contributed by atoms with Crippen LogP contribution >= 0.6 is 0 Å². The highest BCUT2D eigenvalue weighted by Gasteiger charge is 2.23. The fraction of sp³-hybridized carbons (Fsp3) is 0.833. The lowest BCUT2D eigenvalue weighted by molar-refractivity contribution is 0.149. The summed E-state index contributed by atoms with van der Waals surface area (Å²) in [6, 6.07) is 0.650. The van der Waals surface area contributed by atoms with Crippen LogP contribution in [0, 0.1) is 12.8 Å². The van der Waals surface area contributed by atoms with Crippen LogP contribution in [0.5, 0.6) is 0 Å². The third-order valence-corrected chi connectivity index (χ3v) is 5.66. The van der Waals surface area contributed by atoms with Gasteiger partial charge in [0.1, 0.15) is 0 Å². The molecule has 0 aromatic carbocycles. The van der Waals surface area contributed by atoms with E-state index >= 15 is 0 Å². The van der Waals surface area contributed by atoms with Crippen molar-refractivity contribution in [1.82, 2.24) is 20.0 Å². The topological polar surface area (TPSA) is 33.1 Å². The first kappa shape index (κ1) is 16.0. The van der Waals surface area contributed by atoms with E-state index in [4.69, 9.17) is 0 Å². The van der Waals surface area contributed by atoms with Crippen LogP contribution in [0.2, 0.25) is 0 Å². The van der Waals surface area contributed by atoms with E-state index in [-0.39, 0.29) is 0 Å². The Labute approximate surface area is 135 Å². The molecule has 0 spiro atoms. The predicted octanol–water partition coefficient (Wildman–Crippen LogP) is 2.86. The van der Waals surface area contributed by atoms with Crippen LogP contribution in [-0.4, -0.2) is 40.4 Å². The van der Waals surface area contributed by atoms with Gasteiger partial charge in [0.2, 0.25) is 0 Å². The summed E-state index contributed by atoms with van der Waals surface area (Å²) in [5.74, 6) is 0.966. The first-order chi connectivity index (χ1) is 10.7. The van der Waals surface area contributed by atoms with Crippen molar-refractivity contribution in [2.24, 2.45) is 13.0 Å². The number of hydrogen-bond donors (Lipinski definition) is 1. The Morgan fingerprint density at radius 2 is 2.00 bits per heavy atom. The van der Waals surface area contributed by atoms with E-state index in [1.54, 1.807) is 0 Å². The van der Waals surface area contributed by atoms with Gasteiger partial charge in [0, 0.05) is 44.0 Å². The lowest BCUT2D eigenvalue weighted by Gasteiger charge is -2.36. The Kier molecular flexibility index (Phi) is 5.53. The lowest BCUT2D eigenvalue weighted by Crippen LogP contribution is -2.47. The Morgan fingerprint density at radius 3 is 2.73 bits per heavy atom. The van der Waals surface area contributed by atoms with E-state index < -0.39 is 0 Å². The van der Waals surface area contributed by atoms with Crippen LogP contribution in [0.15, 0.2) is 6.20 Å². The summed E-state index contributed by atoms with van der Waals surface area (Å²) in [7, 11) is 2.02. The van der Waals surface area contributed by atoms with E-state index in [0.29, 0.717) is 6.04 Å². The molecule has 1 aliphatic carbocycles. The molecule has 3 rings (SSSR count). The smallest absolute Gasteiger partial charge is 0.0537 e. The molecule has 0 radical (unpaired) electrons. The fourth-order valence-corrected chi connectivity index (χ4v) is 4.09. The number of rotatable bonds is 5. The molecule has 1 aromatic heterocycles. The fourth-order valence-electron chi connectivity index (χ4n) is 4.09. The Hall–Kier alpha value is -0.870. The molecule has 0 bridgehead atoms. The van der Waals surface area contributed by atoms with Gasteiger partial charge >= 0.3 is 0 Å². The molecule has 0 amide bonds. The first-order valence-electron chi connectivity index (χ1n) is 9.15. The number of piperidine rings is 1. The van der Waals surface area contributed by atoms with Gasteiger partial charge in [0.25, 0.3) is 0 Å². The van der Waals surface area contributed by atoms with Gasteiger partial charge in [-0.05, 0) is 45.1 Å². The SMILES string of the molecule is Cc1c(CNC2CCCN(CC3CCCCC3)C2)cnn1C. The zero-order valence-corrected chi connectivity index (χ0v) is 14.4. The summed E-state index contributed by atoms with van der Waals surface area (Å²) in [6.07, 6.45) is 12.0. The summed E-state index contributed by atoms with van der Waals surface area (Å²) >= 11 is 0. The van der Waals surface area contributed by atoms with Crippen LogP contribution in [0.3, 0.4) is 0 Å². The van der Waals surface area contributed by atoms with Crippen molar-refractivity contribution in [2.45, 2.75) is 64.5 Å². The maximum atomic E-state index is 4.34. The highest BCUT2D eigenvalue weighted by molar-refractivity contribution is 5.15. The van der Waals surface area contributed by atoms with Crippen molar-refractivity contribution in [2.75, 3.05) is 19.6 Å². The number of nitrogens with one attached hydrogen (secondary N) is 1. The first-order valence-corrected chi connectivity index (χ1v) is 9.15. The largest absolute Gasteiger partial charge is 0.309 e. The summed E-state index contributed by atoms with van der Waals surface area (Å²) in [5, 5.41) is 8.10. The second-order valence-corrected chi connectivity index (χ2v) is 7.36. The second-order valence-electron chi connectivity index (χ2n) is 7.36. The minimum absolute atomic E-state index is 0.650. The highest BCUT2D eigenvalue weighted by atomic mass is 15.3. The van der Waals surface area contributed by atoms with Crippen LogP contribution in [0.4, 0.5) is 0 Å². The van der Waals surface area contributed by atoms with Gasteiger partial charge in [-0.15, -0.1) is 0 Å². The van der Waals surface area contributed by atoms with Crippen LogP contribution in [0.25, 0.3) is 0 Å². The number of nitrogens with zero attached hydrogens (tertiary/aromatic N) is 3. The summed E-state index contributed by atoms with van der Waals surface area (Å²) in [6.45, 7) is 6.99. The summed E-state index contributed by atoms with van der Waals surface area (Å²) in [5.41, 5.74) is 2.62. The molecular weight excluding hydrogens is 272 g/mol. The van der Waals surface area contributed by atoms with Crippen molar-refractivity contribution in [3.8, 4) is 0 Å². The summed E-state index contributed by atoms with van der Waals surface area (Å²) < 4.78 is 1.97. The van der Waals surface area contributed by atoms with Crippen molar-refractivity contribution in [3.05, 3.63) is 17.5 Å². The Bertz CT molecular complexity index is 462. The van der Waals surface area contributed by atoms with Crippen molar-refractivity contribution < 1.29 is 0 Å². The van der Waals surface area contributed by atoms with Gasteiger partial charge in [-0.2, -0.15) is 5.10 Å². The van der Waals surface area contributed by atoms with Crippen LogP contribution < -0.4 is 5.32 Å². The van der Waals surface area contributed by atoms with E-state index in [2.05, 4.69) is 22.2 Å². The molecule has 2 heterocycles. The Balaban J connectivity index is 1.45. The average Bonchev–Trinajstić information content (AvgIpc) is 2.86. The quantitative estimate of drug-likeness (QED) is 0.908. The van der Waals surface area contributed by atoms with Crippen molar-refractivity contribution in [1.29, 1.82) is 0 Å². The molecule has 1 saturated heterocycles. The van der Waals surface area contributed by atoms with Crippen molar-refractivity contribution >= 4 is 0 Å². The van der Waals surface area contributed by atoms with Crippen LogP contribution in [0.1, 0.15) is 56.2 Å². The molecule has 4 heteroatoms. The van der Waals surface area contributed by atoms with E-state index in [0.717, 1.165) is 12.5 Å². The molecule has 1 saturated carbocycles. The zero-order valence-electron chi connectivity index (χ0n) is 14.4. The van der Waals surface area contributed by atoms with Gasteiger partial charge in [-0.25, -0.2) is 0 Å². The minimum atomic E-state index is 0.650. The number of aromatic nitrogens is 2. The molecule has 124 valence electrons. The van der Waals surface area contributed by atoms with E-state index in [1.165, 1.54) is 75.8 Å². The molecule has 1 aliphatic heterocycles. The lowest BCUT2D eigenvalue weighted by atomic mass is 9.88. The molecule has 4 nitrogen and oxygen atoms in total. The van der Waals surface area contributed by atoms with Gasteiger partial charge < -0.3 is 10.2 Å². The second kappa shape index (κ2) is 7.60. The third-order valence-electron chi connectivity index (χ3n) is 5.66. The minimum Gasteiger partial charge on any atom is -0.309 e. The number of aryl methyl sites for hydroxylation is 1. The maximum absolute atomic E-state index is 4.34. The normalized spacial score (nSPS) is 24.7. The Morgan fingerprint density at radius 1 is 1.18 bits per heavy atom. The predicted molar refractivity (Wildman–Crippen MR) is 90.8 cm³/mol. The van der Waals surface area contributed by atoms with E-state index in [1.807, 2.05) is 17.9 Å². The molecule has 1 unspecified atom stereocenters. The molecule has 2 fully saturated rings.